The molecule has 1 aliphatic heterocycles. The van der Waals surface area contributed by atoms with E-state index in [2.05, 4.69) is 0 Å². The van der Waals surface area contributed by atoms with Gasteiger partial charge in [-0.15, -0.1) is 0 Å². The predicted octanol–water partition coefficient (Wildman–Crippen LogP) is 4.33. The zero-order valence-corrected chi connectivity index (χ0v) is 16.8. The lowest BCUT2D eigenvalue weighted by atomic mass is 10.2. The first-order valence-corrected chi connectivity index (χ1v) is 10.7. The number of benzene rings is 2. The molecule has 28 heavy (non-hydrogen) atoms. The lowest BCUT2D eigenvalue weighted by Crippen LogP contribution is -2.24. The molecule has 1 aromatic heterocycles. The van der Waals surface area contributed by atoms with Gasteiger partial charge in [-0.25, -0.2) is 4.98 Å². The molecule has 1 saturated heterocycles. The number of nitrogens with zero attached hydrogens (tertiary/aromatic N) is 2. The maximum Gasteiger partial charge on any atom is 0.266 e. The largest absolute Gasteiger partial charge is 0.353 e. The van der Waals surface area contributed by atoms with E-state index < -0.39 is 0 Å². The highest BCUT2D eigenvalue weighted by Gasteiger charge is 2.15. The second kappa shape index (κ2) is 8.90. The Bertz CT molecular complexity index is 995. The maximum atomic E-state index is 13.2. The highest BCUT2D eigenvalue weighted by molar-refractivity contribution is 7.99. The Morgan fingerprint density at radius 1 is 1.18 bits per heavy atom. The van der Waals surface area contributed by atoms with Crippen molar-refractivity contribution < 1.29 is 9.47 Å². The van der Waals surface area contributed by atoms with Crippen LogP contribution in [0.1, 0.15) is 24.8 Å². The summed E-state index contributed by atoms with van der Waals surface area (Å²) in [7, 11) is 0. The van der Waals surface area contributed by atoms with Crippen molar-refractivity contribution in [3.63, 3.8) is 0 Å². The van der Waals surface area contributed by atoms with Gasteiger partial charge in [0.15, 0.2) is 11.4 Å². The molecular formula is C22H24N2O3S. The van der Waals surface area contributed by atoms with Crippen LogP contribution in [-0.4, -0.2) is 34.8 Å². The number of ether oxygens (including phenoxy) is 2. The summed E-state index contributed by atoms with van der Waals surface area (Å²) in [6, 6.07) is 15.4. The topological polar surface area (TPSA) is 53.4 Å². The first-order chi connectivity index (χ1) is 13.7. The lowest BCUT2D eigenvalue weighted by Gasteiger charge is -2.22. The second-order valence-corrected chi connectivity index (χ2v) is 7.97. The minimum absolute atomic E-state index is 0.0477. The molecule has 0 aliphatic carbocycles. The van der Waals surface area contributed by atoms with Gasteiger partial charge in [0.25, 0.3) is 5.56 Å². The highest BCUT2D eigenvalue weighted by Crippen LogP contribution is 2.22. The zero-order valence-electron chi connectivity index (χ0n) is 16.0. The predicted molar refractivity (Wildman–Crippen MR) is 112 cm³/mol. The van der Waals surface area contributed by atoms with Gasteiger partial charge in [-0.3, -0.25) is 9.36 Å². The van der Waals surface area contributed by atoms with Crippen LogP contribution >= 0.6 is 11.8 Å². The molecule has 0 bridgehead atoms. The van der Waals surface area contributed by atoms with E-state index in [1.54, 1.807) is 4.57 Å². The van der Waals surface area contributed by atoms with Crippen molar-refractivity contribution in [1.29, 1.82) is 0 Å². The van der Waals surface area contributed by atoms with Crippen molar-refractivity contribution in [2.24, 2.45) is 0 Å². The monoisotopic (exact) mass is 396 g/mol. The summed E-state index contributed by atoms with van der Waals surface area (Å²) < 4.78 is 13.1. The molecule has 5 nitrogen and oxygen atoms in total. The van der Waals surface area contributed by atoms with Gasteiger partial charge in [-0.2, -0.15) is 0 Å². The molecule has 4 rings (SSSR count). The van der Waals surface area contributed by atoms with Crippen LogP contribution in [0.25, 0.3) is 16.6 Å². The van der Waals surface area contributed by atoms with Gasteiger partial charge in [0, 0.05) is 12.4 Å². The van der Waals surface area contributed by atoms with E-state index in [0.717, 1.165) is 42.6 Å². The number of para-hydroxylation sites is 1. The van der Waals surface area contributed by atoms with Gasteiger partial charge in [0.2, 0.25) is 0 Å². The first-order valence-electron chi connectivity index (χ1n) is 9.67. The zero-order chi connectivity index (χ0) is 19.3. The minimum atomic E-state index is -0.0989. The van der Waals surface area contributed by atoms with Crippen LogP contribution in [-0.2, 0) is 9.47 Å². The number of thioether (sulfide) groups is 1. The summed E-state index contributed by atoms with van der Waals surface area (Å²) in [5.74, 6) is 0.705. The van der Waals surface area contributed by atoms with Crippen molar-refractivity contribution in [1.82, 2.24) is 9.55 Å². The Hall–Kier alpha value is -2.15. The van der Waals surface area contributed by atoms with Crippen LogP contribution in [0.3, 0.4) is 0 Å². The smallest absolute Gasteiger partial charge is 0.266 e. The van der Waals surface area contributed by atoms with Crippen LogP contribution in [0.5, 0.6) is 0 Å². The Morgan fingerprint density at radius 2 is 2.00 bits per heavy atom. The molecule has 2 aromatic carbocycles. The average Bonchev–Trinajstić information content (AvgIpc) is 2.73. The molecular weight excluding hydrogens is 372 g/mol. The van der Waals surface area contributed by atoms with Gasteiger partial charge in [0.05, 0.1) is 23.2 Å². The Kier molecular flexibility index (Phi) is 6.10. The fourth-order valence-corrected chi connectivity index (χ4v) is 4.13. The summed E-state index contributed by atoms with van der Waals surface area (Å²) in [6.07, 6.45) is 3.11. The molecule has 0 N–H and O–H groups in total. The SMILES string of the molecule is Cc1ccc(-n2c(SCCO[C@H]3CCCCO3)nc3ccccc3c2=O)cc1. The van der Waals surface area contributed by atoms with Gasteiger partial charge >= 0.3 is 0 Å². The van der Waals surface area contributed by atoms with Gasteiger partial charge in [-0.1, -0.05) is 41.6 Å². The Balaban J connectivity index is 1.59. The maximum absolute atomic E-state index is 13.2. The summed E-state index contributed by atoms with van der Waals surface area (Å²) in [5.41, 5.74) is 2.65. The number of aromatic nitrogens is 2. The molecule has 0 radical (unpaired) electrons. The molecule has 1 aliphatic rings. The van der Waals surface area contributed by atoms with Gasteiger partial charge < -0.3 is 9.47 Å². The van der Waals surface area contributed by atoms with Crippen molar-refractivity contribution in [2.45, 2.75) is 37.6 Å². The molecule has 6 heteroatoms. The van der Waals surface area contributed by atoms with Crippen molar-refractivity contribution in [3.8, 4) is 5.69 Å². The molecule has 0 saturated carbocycles. The number of rotatable bonds is 6. The molecule has 1 fully saturated rings. The van der Waals surface area contributed by atoms with Crippen molar-refractivity contribution in [3.05, 3.63) is 64.4 Å². The van der Waals surface area contributed by atoms with Crippen LogP contribution < -0.4 is 5.56 Å². The summed E-state index contributed by atoms with van der Waals surface area (Å²) in [4.78, 5) is 17.9. The summed E-state index contributed by atoms with van der Waals surface area (Å²) in [5, 5.41) is 1.31. The lowest BCUT2D eigenvalue weighted by molar-refractivity contribution is -0.158. The van der Waals surface area contributed by atoms with E-state index in [1.165, 1.54) is 11.8 Å². The molecule has 0 spiro atoms. The third kappa shape index (κ3) is 4.29. The van der Waals surface area contributed by atoms with Crippen molar-refractivity contribution in [2.75, 3.05) is 19.0 Å². The fourth-order valence-electron chi connectivity index (χ4n) is 3.29. The third-order valence-corrected chi connectivity index (χ3v) is 5.70. The first kappa shape index (κ1) is 19.2. The van der Waals surface area contributed by atoms with Crippen LogP contribution in [0, 0.1) is 6.92 Å². The van der Waals surface area contributed by atoms with Gasteiger partial charge in [0.1, 0.15) is 0 Å². The van der Waals surface area contributed by atoms with Crippen LogP contribution in [0.2, 0.25) is 0 Å². The van der Waals surface area contributed by atoms with E-state index in [9.17, 15) is 4.79 Å². The van der Waals surface area contributed by atoms with E-state index in [4.69, 9.17) is 14.5 Å². The molecule has 0 amide bonds. The van der Waals surface area contributed by atoms with Crippen molar-refractivity contribution >= 4 is 22.7 Å². The minimum Gasteiger partial charge on any atom is -0.353 e. The number of hydrogen-bond acceptors (Lipinski definition) is 5. The summed E-state index contributed by atoms with van der Waals surface area (Å²) >= 11 is 1.53. The molecule has 1 atom stereocenters. The quantitative estimate of drug-likeness (QED) is 0.353. The number of aryl methyl sites for hydroxylation is 1. The third-order valence-electron chi connectivity index (χ3n) is 4.79. The second-order valence-electron chi connectivity index (χ2n) is 6.90. The number of fused-ring (bicyclic) bond motifs is 1. The van der Waals surface area contributed by atoms with E-state index in [0.29, 0.717) is 22.9 Å². The van der Waals surface area contributed by atoms with E-state index >= 15 is 0 Å². The van der Waals surface area contributed by atoms with Gasteiger partial charge in [-0.05, 0) is 50.5 Å². The highest BCUT2D eigenvalue weighted by atomic mass is 32.2. The Morgan fingerprint density at radius 3 is 2.79 bits per heavy atom. The molecule has 2 heterocycles. The molecule has 0 unspecified atom stereocenters. The normalized spacial score (nSPS) is 17.1. The standard InChI is InChI=1S/C22H24N2O3S/c1-16-9-11-17(12-10-16)24-21(25)18-6-2-3-7-19(18)23-22(24)28-15-14-27-20-8-4-5-13-26-20/h2-3,6-7,9-12,20H,4-5,8,13-15H2,1H3/t20-/m0/s1. The van der Waals surface area contributed by atoms with E-state index in [-0.39, 0.29) is 11.8 Å². The van der Waals surface area contributed by atoms with Crippen LogP contribution in [0.4, 0.5) is 0 Å². The molecule has 3 aromatic rings. The van der Waals surface area contributed by atoms with Crippen LogP contribution in [0.15, 0.2) is 58.5 Å². The average molecular weight is 397 g/mol. The fraction of sp³-hybridized carbons (Fsp3) is 0.364. The van der Waals surface area contributed by atoms with E-state index in [1.807, 2.05) is 55.5 Å². The Labute approximate surface area is 168 Å². The summed E-state index contributed by atoms with van der Waals surface area (Å²) in [6.45, 7) is 3.37. The number of hydrogen-bond donors (Lipinski definition) is 0. The molecule has 146 valence electrons.